The van der Waals surface area contributed by atoms with Crippen LogP contribution in [0, 0.1) is 5.92 Å². The van der Waals surface area contributed by atoms with Crippen molar-refractivity contribution in [3.8, 4) is 0 Å². The maximum Gasteiger partial charge on any atom is 0.407 e. The van der Waals surface area contributed by atoms with E-state index >= 15 is 0 Å². The highest BCUT2D eigenvalue weighted by atomic mass is 35.5. The van der Waals surface area contributed by atoms with Crippen molar-refractivity contribution in [2.75, 3.05) is 19.6 Å². The van der Waals surface area contributed by atoms with E-state index in [-0.39, 0.29) is 10.8 Å². The number of nitrogens with zero attached hydrogens (tertiary/aromatic N) is 1. The first-order valence-electron chi connectivity index (χ1n) is 6.61. The number of likely N-dealkylation sites (tertiary alicyclic amines) is 1. The molecule has 0 saturated carbocycles. The number of benzene rings is 1. The zero-order valence-corrected chi connectivity index (χ0v) is 12.9. The number of nitrogens with one attached hydrogen (secondary N) is 1. The summed E-state index contributed by atoms with van der Waals surface area (Å²) in [6.45, 7) is 1.19. The minimum atomic E-state index is -3.58. The summed E-state index contributed by atoms with van der Waals surface area (Å²) in [6, 6.07) is 6.09. The van der Waals surface area contributed by atoms with E-state index in [0.29, 0.717) is 37.5 Å². The van der Waals surface area contributed by atoms with Crippen molar-refractivity contribution in [2.24, 2.45) is 5.92 Å². The van der Waals surface area contributed by atoms with Crippen LogP contribution in [0.4, 0.5) is 4.79 Å². The summed E-state index contributed by atoms with van der Waals surface area (Å²) in [5.74, 6) is 0.148. The molecule has 1 aliphatic rings. The number of piperidine rings is 1. The summed E-state index contributed by atoms with van der Waals surface area (Å²) < 4.78 is 26.8. The van der Waals surface area contributed by atoms with Crippen LogP contribution in [0.1, 0.15) is 12.8 Å². The maximum absolute atomic E-state index is 12.1. The summed E-state index contributed by atoms with van der Waals surface area (Å²) in [7, 11) is -3.58. The molecule has 0 aromatic heterocycles. The first kappa shape index (κ1) is 16.1. The zero-order valence-electron chi connectivity index (χ0n) is 11.3. The minimum absolute atomic E-state index is 0.137. The predicted molar refractivity (Wildman–Crippen MR) is 79.0 cm³/mol. The molecule has 0 aliphatic carbocycles. The van der Waals surface area contributed by atoms with Crippen molar-refractivity contribution < 1.29 is 18.3 Å². The first-order chi connectivity index (χ1) is 9.88. The monoisotopic (exact) mass is 332 g/mol. The van der Waals surface area contributed by atoms with Crippen molar-refractivity contribution in [3.63, 3.8) is 0 Å². The average Bonchev–Trinajstić information content (AvgIpc) is 2.45. The summed E-state index contributed by atoms with van der Waals surface area (Å²) in [6.07, 6.45) is 0.391. The number of hydrogen-bond donors (Lipinski definition) is 2. The fourth-order valence-electron chi connectivity index (χ4n) is 2.27. The lowest BCUT2D eigenvalue weighted by Gasteiger charge is -2.29. The maximum atomic E-state index is 12.1. The van der Waals surface area contributed by atoms with Gasteiger partial charge in [0.05, 0.1) is 4.90 Å². The highest BCUT2D eigenvalue weighted by Crippen LogP contribution is 2.19. The Bertz CT molecular complexity index is 612. The van der Waals surface area contributed by atoms with Gasteiger partial charge in [-0.2, -0.15) is 0 Å². The Morgan fingerprint density at radius 1 is 1.38 bits per heavy atom. The number of rotatable bonds is 4. The van der Waals surface area contributed by atoms with Crippen molar-refractivity contribution in [3.05, 3.63) is 29.3 Å². The number of carbonyl (C=O) groups is 1. The smallest absolute Gasteiger partial charge is 0.407 e. The van der Waals surface area contributed by atoms with Crippen LogP contribution < -0.4 is 4.72 Å². The lowest BCUT2D eigenvalue weighted by atomic mass is 9.97. The van der Waals surface area contributed by atoms with Gasteiger partial charge in [0.1, 0.15) is 0 Å². The second kappa shape index (κ2) is 6.64. The number of hydrogen-bond acceptors (Lipinski definition) is 3. The van der Waals surface area contributed by atoms with Gasteiger partial charge in [-0.05, 0) is 37.0 Å². The Balaban J connectivity index is 1.90. The molecular weight excluding hydrogens is 316 g/mol. The normalized spacial score (nSPS) is 16.9. The van der Waals surface area contributed by atoms with Gasteiger partial charge < -0.3 is 10.0 Å². The molecule has 1 aromatic carbocycles. The van der Waals surface area contributed by atoms with E-state index in [1.165, 1.54) is 17.0 Å². The molecule has 1 amide bonds. The van der Waals surface area contributed by atoms with E-state index in [9.17, 15) is 13.2 Å². The first-order valence-corrected chi connectivity index (χ1v) is 8.48. The number of halogens is 1. The van der Waals surface area contributed by atoms with E-state index in [1.54, 1.807) is 12.1 Å². The van der Waals surface area contributed by atoms with Crippen molar-refractivity contribution >= 4 is 27.7 Å². The molecule has 1 heterocycles. The molecule has 0 atom stereocenters. The van der Waals surface area contributed by atoms with E-state index in [2.05, 4.69) is 4.72 Å². The van der Waals surface area contributed by atoms with Crippen molar-refractivity contribution in [1.29, 1.82) is 0 Å². The Labute approximate surface area is 128 Å². The van der Waals surface area contributed by atoms with E-state index in [0.717, 1.165) is 0 Å². The van der Waals surface area contributed by atoms with Crippen LogP contribution in [0.15, 0.2) is 29.2 Å². The third kappa shape index (κ3) is 4.33. The van der Waals surface area contributed by atoms with Gasteiger partial charge in [0, 0.05) is 24.7 Å². The number of carboxylic acid groups (broad SMARTS) is 1. The Hall–Kier alpha value is -1.31. The lowest BCUT2D eigenvalue weighted by molar-refractivity contribution is 0.125. The SMILES string of the molecule is O=C(O)N1CCC(CNS(=O)(=O)c2cccc(Cl)c2)CC1. The molecule has 0 bridgehead atoms. The van der Waals surface area contributed by atoms with Gasteiger partial charge in [0.25, 0.3) is 0 Å². The molecular formula is C13H17ClN2O4S. The zero-order chi connectivity index (χ0) is 15.5. The van der Waals surface area contributed by atoms with Gasteiger partial charge in [0.2, 0.25) is 10.0 Å². The topological polar surface area (TPSA) is 86.7 Å². The molecule has 0 radical (unpaired) electrons. The van der Waals surface area contributed by atoms with Gasteiger partial charge >= 0.3 is 6.09 Å². The van der Waals surface area contributed by atoms with E-state index in [1.807, 2.05) is 0 Å². The predicted octanol–water partition coefficient (Wildman–Crippen LogP) is 2.01. The van der Waals surface area contributed by atoms with Crippen LogP contribution in [0.5, 0.6) is 0 Å². The summed E-state index contributed by atoms with van der Waals surface area (Å²) in [5, 5.41) is 9.23. The Kier molecular flexibility index (Phi) is 5.08. The molecule has 8 heteroatoms. The molecule has 116 valence electrons. The number of sulfonamides is 1. The standard InChI is InChI=1S/C13H17ClN2O4S/c14-11-2-1-3-12(8-11)21(19,20)15-9-10-4-6-16(7-5-10)13(17)18/h1-3,8,10,15H,4-7,9H2,(H,17,18). The Morgan fingerprint density at radius 3 is 2.62 bits per heavy atom. The molecule has 1 aliphatic heterocycles. The second-order valence-electron chi connectivity index (χ2n) is 5.02. The molecule has 1 fully saturated rings. The molecule has 6 nitrogen and oxygen atoms in total. The molecule has 1 aromatic rings. The molecule has 2 N–H and O–H groups in total. The lowest BCUT2D eigenvalue weighted by Crippen LogP contribution is -2.40. The van der Waals surface area contributed by atoms with Gasteiger partial charge in [0.15, 0.2) is 0 Å². The van der Waals surface area contributed by atoms with Crippen LogP contribution in [0.2, 0.25) is 5.02 Å². The summed E-state index contributed by atoms with van der Waals surface area (Å²) >= 11 is 5.79. The third-order valence-corrected chi connectivity index (χ3v) is 5.21. The quantitative estimate of drug-likeness (QED) is 0.883. The summed E-state index contributed by atoms with van der Waals surface area (Å²) in [5.41, 5.74) is 0. The highest BCUT2D eigenvalue weighted by Gasteiger charge is 2.24. The molecule has 1 saturated heterocycles. The fraction of sp³-hybridized carbons (Fsp3) is 0.462. The Morgan fingerprint density at radius 2 is 2.05 bits per heavy atom. The van der Waals surface area contributed by atoms with Crippen molar-refractivity contribution in [1.82, 2.24) is 9.62 Å². The van der Waals surface area contributed by atoms with E-state index in [4.69, 9.17) is 16.7 Å². The largest absolute Gasteiger partial charge is 0.465 e. The average molecular weight is 333 g/mol. The molecule has 0 spiro atoms. The van der Waals surface area contributed by atoms with E-state index < -0.39 is 16.1 Å². The third-order valence-electron chi connectivity index (χ3n) is 3.55. The summed E-state index contributed by atoms with van der Waals surface area (Å²) in [4.78, 5) is 12.3. The fourth-order valence-corrected chi connectivity index (χ4v) is 3.69. The van der Waals surface area contributed by atoms with Crippen LogP contribution in [-0.2, 0) is 10.0 Å². The van der Waals surface area contributed by atoms with Gasteiger partial charge in [-0.1, -0.05) is 17.7 Å². The molecule has 21 heavy (non-hydrogen) atoms. The highest BCUT2D eigenvalue weighted by molar-refractivity contribution is 7.89. The van der Waals surface area contributed by atoms with Crippen LogP contribution in [-0.4, -0.2) is 44.2 Å². The van der Waals surface area contributed by atoms with Crippen molar-refractivity contribution in [2.45, 2.75) is 17.7 Å². The minimum Gasteiger partial charge on any atom is -0.465 e. The van der Waals surface area contributed by atoms with Crippen LogP contribution in [0.3, 0.4) is 0 Å². The van der Waals surface area contributed by atoms with Gasteiger partial charge in [-0.25, -0.2) is 17.9 Å². The molecule has 0 unspecified atom stereocenters. The van der Waals surface area contributed by atoms with Crippen LogP contribution in [0.25, 0.3) is 0 Å². The van der Waals surface area contributed by atoms with Gasteiger partial charge in [-0.3, -0.25) is 0 Å². The molecule has 2 rings (SSSR count). The van der Waals surface area contributed by atoms with Gasteiger partial charge in [-0.15, -0.1) is 0 Å². The van der Waals surface area contributed by atoms with Crippen LogP contribution >= 0.6 is 11.6 Å². The number of amides is 1. The second-order valence-corrected chi connectivity index (χ2v) is 7.23.